The van der Waals surface area contributed by atoms with Crippen molar-refractivity contribution in [2.45, 2.75) is 37.8 Å². The molecule has 1 aromatic heterocycles. The summed E-state index contributed by atoms with van der Waals surface area (Å²) in [5.41, 5.74) is 9.49. The molecule has 2 aromatic carbocycles. The van der Waals surface area contributed by atoms with Crippen LogP contribution >= 0.6 is 0 Å². The van der Waals surface area contributed by atoms with Gasteiger partial charge in [-0.05, 0) is 61.1 Å². The van der Waals surface area contributed by atoms with Crippen LogP contribution in [-0.4, -0.2) is 27.8 Å². The minimum Gasteiger partial charge on any atom is -0.353 e. The van der Waals surface area contributed by atoms with E-state index in [1.807, 2.05) is 36.5 Å². The molecule has 1 unspecified atom stereocenters. The number of halogens is 1. The highest BCUT2D eigenvalue weighted by molar-refractivity contribution is 5.81. The molecule has 2 saturated carbocycles. The number of benzene rings is 2. The number of para-hydroxylation sites is 1. The second-order valence-corrected chi connectivity index (χ2v) is 8.31. The molecule has 1 amide bonds. The number of amides is 1. The second kappa shape index (κ2) is 6.81. The molecule has 6 heteroatoms. The molecule has 1 heterocycles. The number of carbonyl (C=O) groups excluding carboxylic acids is 1. The Morgan fingerprint density at radius 3 is 2.48 bits per heavy atom. The van der Waals surface area contributed by atoms with Crippen molar-refractivity contribution in [1.82, 2.24) is 15.1 Å². The standard InChI is InChI=1S/C23H23FN4O/c24-17-8-6-15(7-9-17)22-16(14-28(27-22)19-4-2-1-3-5-19)10-21(29)26-18-11-23(12-18)13-20(23)25/h1-9,14,18,20H,10-13,25H2,(H,26,29). The topological polar surface area (TPSA) is 72.9 Å². The molecule has 5 nitrogen and oxygen atoms in total. The van der Waals surface area contributed by atoms with E-state index >= 15 is 0 Å². The fraction of sp³-hybridized carbons (Fsp3) is 0.304. The third-order valence-electron chi connectivity index (χ3n) is 6.20. The molecule has 0 bridgehead atoms. The van der Waals surface area contributed by atoms with Gasteiger partial charge in [-0.1, -0.05) is 18.2 Å². The maximum absolute atomic E-state index is 13.4. The van der Waals surface area contributed by atoms with Gasteiger partial charge >= 0.3 is 0 Å². The van der Waals surface area contributed by atoms with Crippen molar-refractivity contribution in [3.63, 3.8) is 0 Å². The van der Waals surface area contributed by atoms with E-state index in [9.17, 15) is 9.18 Å². The zero-order valence-electron chi connectivity index (χ0n) is 16.0. The molecule has 148 valence electrons. The summed E-state index contributed by atoms with van der Waals surface area (Å²) in [6, 6.07) is 16.5. The van der Waals surface area contributed by atoms with Gasteiger partial charge in [0.15, 0.2) is 0 Å². The van der Waals surface area contributed by atoms with E-state index < -0.39 is 0 Å². The Kier molecular flexibility index (Phi) is 4.24. The fourth-order valence-corrected chi connectivity index (χ4v) is 4.43. The Labute approximate surface area is 168 Å². The SMILES string of the molecule is NC1CC12CC(NC(=O)Cc1cn(-c3ccccc3)nc1-c1ccc(F)cc1)C2. The largest absolute Gasteiger partial charge is 0.353 e. The summed E-state index contributed by atoms with van der Waals surface area (Å²) in [4.78, 5) is 12.7. The van der Waals surface area contributed by atoms with Gasteiger partial charge in [-0.15, -0.1) is 0 Å². The number of hydrogen-bond donors (Lipinski definition) is 2. The maximum Gasteiger partial charge on any atom is 0.224 e. The zero-order chi connectivity index (χ0) is 20.0. The number of nitrogens with zero attached hydrogens (tertiary/aromatic N) is 2. The Hall–Kier alpha value is -2.99. The predicted molar refractivity (Wildman–Crippen MR) is 109 cm³/mol. The van der Waals surface area contributed by atoms with Gasteiger partial charge in [0.1, 0.15) is 5.82 Å². The molecular formula is C23H23FN4O. The Morgan fingerprint density at radius 1 is 1.14 bits per heavy atom. The van der Waals surface area contributed by atoms with Crippen molar-refractivity contribution in [3.05, 3.63) is 72.2 Å². The third-order valence-corrected chi connectivity index (χ3v) is 6.20. The average molecular weight is 390 g/mol. The van der Waals surface area contributed by atoms with Crippen LogP contribution in [0.2, 0.25) is 0 Å². The Balaban J connectivity index is 1.37. The van der Waals surface area contributed by atoms with Gasteiger partial charge in [0, 0.05) is 29.4 Å². The molecule has 2 aliphatic carbocycles. The monoisotopic (exact) mass is 390 g/mol. The van der Waals surface area contributed by atoms with Crippen LogP contribution in [0.5, 0.6) is 0 Å². The van der Waals surface area contributed by atoms with E-state index in [1.54, 1.807) is 16.8 Å². The van der Waals surface area contributed by atoms with Crippen LogP contribution in [0.25, 0.3) is 16.9 Å². The highest BCUT2D eigenvalue weighted by Gasteiger charge is 2.60. The summed E-state index contributed by atoms with van der Waals surface area (Å²) in [5, 5.41) is 7.81. The smallest absolute Gasteiger partial charge is 0.224 e. The summed E-state index contributed by atoms with van der Waals surface area (Å²) in [6.45, 7) is 0. The molecule has 1 spiro atoms. The molecule has 0 saturated heterocycles. The van der Waals surface area contributed by atoms with Crippen molar-refractivity contribution in [2.24, 2.45) is 11.1 Å². The first-order valence-corrected chi connectivity index (χ1v) is 9.97. The molecule has 29 heavy (non-hydrogen) atoms. The summed E-state index contributed by atoms with van der Waals surface area (Å²) < 4.78 is 15.1. The number of rotatable bonds is 5. The molecule has 3 N–H and O–H groups in total. The summed E-state index contributed by atoms with van der Waals surface area (Å²) >= 11 is 0. The normalized spacial score (nSPS) is 24.9. The van der Waals surface area contributed by atoms with Crippen LogP contribution in [-0.2, 0) is 11.2 Å². The molecule has 1 atom stereocenters. The van der Waals surface area contributed by atoms with E-state index in [2.05, 4.69) is 10.4 Å². The summed E-state index contributed by atoms with van der Waals surface area (Å²) in [5.74, 6) is -0.317. The highest BCUT2D eigenvalue weighted by Crippen LogP contribution is 2.59. The number of nitrogens with one attached hydrogen (secondary N) is 1. The minimum atomic E-state index is -0.298. The van der Waals surface area contributed by atoms with E-state index in [4.69, 9.17) is 5.73 Å². The quantitative estimate of drug-likeness (QED) is 0.703. The highest BCUT2D eigenvalue weighted by atomic mass is 19.1. The van der Waals surface area contributed by atoms with Crippen molar-refractivity contribution >= 4 is 5.91 Å². The van der Waals surface area contributed by atoms with E-state index in [1.165, 1.54) is 12.1 Å². The maximum atomic E-state index is 13.4. The van der Waals surface area contributed by atoms with Crippen LogP contribution in [0.1, 0.15) is 24.8 Å². The molecule has 5 rings (SSSR count). The molecule has 2 aliphatic rings. The van der Waals surface area contributed by atoms with Crippen LogP contribution in [0.4, 0.5) is 4.39 Å². The van der Waals surface area contributed by atoms with Crippen LogP contribution in [0.15, 0.2) is 60.8 Å². The molecule has 2 fully saturated rings. The summed E-state index contributed by atoms with van der Waals surface area (Å²) in [6.07, 6.45) is 5.15. The van der Waals surface area contributed by atoms with Gasteiger partial charge in [-0.2, -0.15) is 5.10 Å². The van der Waals surface area contributed by atoms with Crippen LogP contribution < -0.4 is 11.1 Å². The lowest BCUT2D eigenvalue weighted by Crippen LogP contribution is -2.47. The Bertz CT molecular complexity index is 1040. The van der Waals surface area contributed by atoms with E-state index in [0.29, 0.717) is 17.2 Å². The van der Waals surface area contributed by atoms with Crippen molar-refractivity contribution in [3.8, 4) is 16.9 Å². The molecule has 0 radical (unpaired) electrons. The van der Waals surface area contributed by atoms with Crippen molar-refractivity contribution in [1.29, 1.82) is 0 Å². The lowest BCUT2D eigenvalue weighted by molar-refractivity contribution is -0.122. The predicted octanol–water partition coefficient (Wildman–Crippen LogP) is 3.22. The van der Waals surface area contributed by atoms with Crippen LogP contribution in [0.3, 0.4) is 0 Å². The van der Waals surface area contributed by atoms with Gasteiger partial charge in [0.25, 0.3) is 0 Å². The van der Waals surface area contributed by atoms with Gasteiger partial charge in [-0.25, -0.2) is 9.07 Å². The lowest BCUT2D eigenvalue weighted by atomic mass is 9.76. The number of nitrogens with two attached hydrogens (primary N) is 1. The first-order chi connectivity index (χ1) is 14.0. The minimum absolute atomic E-state index is 0.0185. The van der Waals surface area contributed by atoms with Gasteiger partial charge < -0.3 is 11.1 Å². The number of carbonyl (C=O) groups is 1. The lowest BCUT2D eigenvalue weighted by Gasteiger charge is -2.37. The number of aromatic nitrogens is 2. The molecule has 3 aromatic rings. The fourth-order valence-electron chi connectivity index (χ4n) is 4.43. The summed E-state index contributed by atoms with van der Waals surface area (Å²) in [7, 11) is 0. The third kappa shape index (κ3) is 3.44. The first-order valence-electron chi connectivity index (χ1n) is 9.97. The van der Waals surface area contributed by atoms with Gasteiger partial charge in [0.05, 0.1) is 17.8 Å². The van der Waals surface area contributed by atoms with Crippen molar-refractivity contribution < 1.29 is 9.18 Å². The molecule has 0 aliphatic heterocycles. The van der Waals surface area contributed by atoms with Crippen LogP contribution in [0, 0.1) is 11.2 Å². The average Bonchev–Trinajstić information content (AvgIpc) is 3.18. The second-order valence-electron chi connectivity index (χ2n) is 8.31. The zero-order valence-corrected chi connectivity index (χ0v) is 16.0. The van der Waals surface area contributed by atoms with Crippen molar-refractivity contribution in [2.75, 3.05) is 0 Å². The van der Waals surface area contributed by atoms with E-state index in [0.717, 1.165) is 36.1 Å². The number of hydrogen-bond acceptors (Lipinski definition) is 3. The first kappa shape index (κ1) is 18.1. The molecular weight excluding hydrogens is 367 g/mol. The Morgan fingerprint density at radius 2 is 1.83 bits per heavy atom. The van der Waals surface area contributed by atoms with Gasteiger partial charge in [0.2, 0.25) is 5.91 Å². The van der Waals surface area contributed by atoms with E-state index in [-0.39, 0.29) is 24.2 Å². The van der Waals surface area contributed by atoms with Gasteiger partial charge in [-0.3, -0.25) is 4.79 Å².